The Balaban J connectivity index is 2.23. The number of anilines is 1. The van der Waals surface area contributed by atoms with Crippen molar-refractivity contribution in [2.24, 2.45) is 0 Å². The summed E-state index contributed by atoms with van der Waals surface area (Å²) in [5.74, 6) is -0.470. The van der Waals surface area contributed by atoms with Crippen LogP contribution in [-0.4, -0.2) is 35.3 Å². The summed E-state index contributed by atoms with van der Waals surface area (Å²) in [6, 6.07) is 1.81. The van der Waals surface area contributed by atoms with Gasteiger partial charge in [0.1, 0.15) is 11.4 Å². The zero-order valence-corrected chi connectivity index (χ0v) is 12.1. The summed E-state index contributed by atoms with van der Waals surface area (Å²) in [7, 11) is 0. The average molecular weight is 278 g/mol. The second-order valence-corrected chi connectivity index (χ2v) is 5.21. The Hall–Kier alpha value is -1.62. The van der Waals surface area contributed by atoms with Gasteiger partial charge in [0.25, 0.3) is 0 Å². The van der Waals surface area contributed by atoms with Crippen LogP contribution in [0.3, 0.4) is 0 Å². The quantitative estimate of drug-likeness (QED) is 0.836. The molecule has 5 heteroatoms. The monoisotopic (exact) mass is 278 g/mol. The van der Waals surface area contributed by atoms with Crippen molar-refractivity contribution in [2.45, 2.75) is 45.6 Å². The topological polar surface area (TPSA) is 71.5 Å². The number of hydrogen-bond donors (Lipinski definition) is 2. The van der Waals surface area contributed by atoms with Crippen LogP contribution in [0.25, 0.3) is 0 Å². The van der Waals surface area contributed by atoms with Crippen molar-refractivity contribution in [1.29, 1.82) is 0 Å². The number of rotatable bonds is 6. The summed E-state index contributed by atoms with van der Waals surface area (Å²) in [5.41, 5.74) is 2.37. The molecular weight excluding hydrogens is 256 g/mol. The fourth-order valence-corrected chi connectivity index (χ4v) is 2.48. The Labute approximate surface area is 119 Å². The second-order valence-electron chi connectivity index (χ2n) is 5.21. The Bertz CT molecular complexity index is 488. The second kappa shape index (κ2) is 6.70. The van der Waals surface area contributed by atoms with E-state index < -0.39 is 5.97 Å². The number of carbonyl (C=O) groups is 1. The third kappa shape index (κ3) is 3.48. The molecule has 1 aromatic rings. The van der Waals surface area contributed by atoms with E-state index in [1.807, 2.05) is 13.8 Å². The van der Waals surface area contributed by atoms with E-state index in [2.05, 4.69) is 10.3 Å². The Morgan fingerprint density at radius 3 is 2.95 bits per heavy atom. The van der Waals surface area contributed by atoms with Crippen LogP contribution in [0, 0.1) is 0 Å². The largest absolute Gasteiger partial charge is 0.478 e. The summed E-state index contributed by atoms with van der Waals surface area (Å²) in [5, 5.41) is 12.5. The van der Waals surface area contributed by atoms with Crippen LogP contribution in [0.4, 0.5) is 5.82 Å². The van der Waals surface area contributed by atoms with Gasteiger partial charge in [-0.2, -0.15) is 0 Å². The molecule has 0 amide bonds. The van der Waals surface area contributed by atoms with E-state index in [1.165, 1.54) is 0 Å². The van der Waals surface area contributed by atoms with Crippen molar-refractivity contribution in [3.8, 4) is 0 Å². The maximum Gasteiger partial charge on any atom is 0.339 e. The van der Waals surface area contributed by atoms with Crippen LogP contribution >= 0.6 is 0 Å². The molecule has 1 aromatic heterocycles. The lowest BCUT2D eigenvalue weighted by Gasteiger charge is -2.20. The lowest BCUT2D eigenvalue weighted by atomic mass is 9.94. The maximum absolute atomic E-state index is 11.4. The van der Waals surface area contributed by atoms with Gasteiger partial charge >= 0.3 is 5.97 Å². The number of carboxylic acids is 1. The van der Waals surface area contributed by atoms with Gasteiger partial charge in [0.05, 0.1) is 6.61 Å². The number of nitrogens with zero attached hydrogens (tertiary/aromatic N) is 1. The molecule has 0 saturated heterocycles. The van der Waals surface area contributed by atoms with Gasteiger partial charge in [-0.15, -0.1) is 0 Å². The summed E-state index contributed by atoms with van der Waals surface area (Å²) < 4.78 is 5.34. The van der Waals surface area contributed by atoms with Gasteiger partial charge in [0, 0.05) is 18.3 Å². The molecule has 0 fully saturated rings. The number of hydrogen-bond acceptors (Lipinski definition) is 4. The van der Waals surface area contributed by atoms with E-state index in [9.17, 15) is 9.90 Å². The van der Waals surface area contributed by atoms with Gasteiger partial charge in [-0.1, -0.05) is 0 Å². The number of aromatic carboxylic acids is 1. The van der Waals surface area contributed by atoms with E-state index in [1.54, 1.807) is 6.07 Å². The number of nitrogens with one attached hydrogen (secondary N) is 1. The molecule has 0 aromatic carbocycles. The molecule has 20 heavy (non-hydrogen) atoms. The third-order valence-corrected chi connectivity index (χ3v) is 3.49. The van der Waals surface area contributed by atoms with Crippen molar-refractivity contribution >= 4 is 11.8 Å². The molecule has 1 atom stereocenters. The highest BCUT2D eigenvalue weighted by atomic mass is 16.5. The molecule has 5 nitrogen and oxygen atoms in total. The Kier molecular flexibility index (Phi) is 4.95. The summed E-state index contributed by atoms with van der Waals surface area (Å²) in [6.45, 7) is 5.08. The molecule has 1 aliphatic carbocycles. The van der Waals surface area contributed by atoms with E-state index in [0.717, 1.165) is 36.9 Å². The van der Waals surface area contributed by atoms with Crippen LogP contribution in [0.1, 0.15) is 48.3 Å². The Morgan fingerprint density at radius 1 is 1.50 bits per heavy atom. The van der Waals surface area contributed by atoms with Crippen LogP contribution < -0.4 is 5.32 Å². The first-order valence-electron chi connectivity index (χ1n) is 7.22. The molecular formula is C15H22N2O3. The minimum atomic E-state index is -0.933. The van der Waals surface area contributed by atoms with Crippen molar-refractivity contribution in [3.05, 3.63) is 22.9 Å². The number of aryl methyl sites for hydroxylation is 2. The van der Waals surface area contributed by atoms with Gasteiger partial charge in [-0.05, 0) is 51.2 Å². The zero-order valence-electron chi connectivity index (χ0n) is 12.1. The van der Waals surface area contributed by atoms with Crippen molar-refractivity contribution in [3.63, 3.8) is 0 Å². The summed E-state index contributed by atoms with van der Waals surface area (Å²) in [4.78, 5) is 15.9. The number of fused-ring (bicyclic) bond motifs is 1. The highest BCUT2D eigenvalue weighted by Gasteiger charge is 2.19. The summed E-state index contributed by atoms with van der Waals surface area (Å²) in [6.07, 6.45) is 4.10. The molecule has 2 N–H and O–H groups in total. The van der Waals surface area contributed by atoms with Crippen molar-refractivity contribution in [1.82, 2.24) is 4.98 Å². The summed E-state index contributed by atoms with van der Waals surface area (Å²) >= 11 is 0. The van der Waals surface area contributed by atoms with E-state index in [0.29, 0.717) is 19.0 Å². The van der Waals surface area contributed by atoms with Crippen molar-refractivity contribution in [2.75, 3.05) is 18.5 Å². The minimum Gasteiger partial charge on any atom is -0.478 e. The van der Waals surface area contributed by atoms with Crippen LogP contribution in [0.5, 0.6) is 0 Å². The van der Waals surface area contributed by atoms with Gasteiger partial charge in [0.15, 0.2) is 0 Å². The van der Waals surface area contributed by atoms with E-state index in [-0.39, 0.29) is 11.6 Å². The predicted octanol–water partition coefficient (Wildman–Crippen LogP) is 2.50. The molecule has 1 aliphatic rings. The Morgan fingerprint density at radius 2 is 2.25 bits per heavy atom. The van der Waals surface area contributed by atoms with Crippen LogP contribution in [0.15, 0.2) is 6.07 Å². The number of carboxylic acid groups (broad SMARTS) is 1. The lowest BCUT2D eigenvalue weighted by Crippen LogP contribution is -2.24. The molecule has 0 aliphatic heterocycles. The maximum atomic E-state index is 11.4. The third-order valence-electron chi connectivity index (χ3n) is 3.49. The molecule has 0 bridgehead atoms. The fourth-order valence-electron chi connectivity index (χ4n) is 2.48. The molecule has 1 heterocycles. The fraction of sp³-hybridized carbons (Fsp3) is 0.600. The lowest BCUT2D eigenvalue weighted by molar-refractivity contribution is 0.0697. The SMILES string of the molecule is CCOCC(C)Nc1nc2c(cc1C(=O)O)CCCC2. The van der Waals surface area contributed by atoms with E-state index in [4.69, 9.17) is 4.74 Å². The number of pyridine rings is 1. The highest BCUT2D eigenvalue weighted by Crippen LogP contribution is 2.25. The van der Waals surface area contributed by atoms with Gasteiger partial charge in [-0.25, -0.2) is 9.78 Å². The number of aromatic nitrogens is 1. The average Bonchev–Trinajstić information content (AvgIpc) is 2.44. The highest BCUT2D eigenvalue weighted by molar-refractivity contribution is 5.93. The van der Waals surface area contributed by atoms with Crippen LogP contribution in [-0.2, 0) is 17.6 Å². The number of ether oxygens (including phenoxy) is 1. The van der Waals surface area contributed by atoms with Gasteiger partial charge in [0.2, 0.25) is 0 Å². The van der Waals surface area contributed by atoms with E-state index >= 15 is 0 Å². The van der Waals surface area contributed by atoms with Crippen molar-refractivity contribution < 1.29 is 14.6 Å². The molecule has 0 spiro atoms. The van der Waals surface area contributed by atoms with Gasteiger partial charge < -0.3 is 15.2 Å². The molecule has 0 radical (unpaired) electrons. The molecule has 0 saturated carbocycles. The van der Waals surface area contributed by atoms with Gasteiger partial charge in [-0.3, -0.25) is 0 Å². The first-order chi connectivity index (χ1) is 9.61. The predicted molar refractivity (Wildman–Crippen MR) is 77.4 cm³/mol. The standard InChI is InChI=1S/C15H22N2O3/c1-3-20-9-10(2)16-14-12(15(18)19)8-11-6-4-5-7-13(11)17-14/h8,10H,3-7,9H2,1-2H3,(H,16,17)(H,18,19). The van der Waals surface area contributed by atoms with Crippen LogP contribution in [0.2, 0.25) is 0 Å². The smallest absolute Gasteiger partial charge is 0.339 e. The minimum absolute atomic E-state index is 0.0298. The molecule has 1 unspecified atom stereocenters. The normalized spacial score (nSPS) is 15.5. The zero-order chi connectivity index (χ0) is 14.5. The molecule has 110 valence electrons. The first kappa shape index (κ1) is 14.8. The molecule has 2 rings (SSSR count). The first-order valence-corrected chi connectivity index (χ1v) is 7.22.